The van der Waals surface area contributed by atoms with Crippen molar-refractivity contribution in [2.45, 2.75) is 25.9 Å². The molecule has 0 fully saturated rings. The van der Waals surface area contributed by atoms with Gasteiger partial charge in [-0.2, -0.15) is 18.2 Å². The zero-order valence-corrected chi connectivity index (χ0v) is 16.9. The number of rotatable bonds is 8. The van der Waals surface area contributed by atoms with Gasteiger partial charge in [0.05, 0.1) is 17.3 Å². The number of halogens is 4. The van der Waals surface area contributed by atoms with Gasteiger partial charge < -0.3 is 15.4 Å². The smallest absolute Gasteiger partial charge is 0.421 e. The third-order valence-corrected chi connectivity index (χ3v) is 4.43. The predicted octanol–water partition coefficient (Wildman–Crippen LogP) is 6.81. The van der Waals surface area contributed by atoms with Gasteiger partial charge in [0.1, 0.15) is 17.1 Å². The quantitative estimate of drug-likeness (QED) is 0.379. The molecule has 0 amide bonds. The molecule has 0 radical (unpaired) electrons. The third-order valence-electron chi connectivity index (χ3n) is 4.10. The highest BCUT2D eigenvalue weighted by atomic mass is 35.5. The molecule has 9 heteroatoms. The number of hydrogen-bond donors (Lipinski definition) is 2. The van der Waals surface area contributed by atoms with E-state index < -0.39 is 17.6 Å². The molecule has 0 bridgehead atoms. The summed E-state index contributed by atoms with van der Waals surface area (Å²) in [7, 11) is 0. The molecule has 0 saturated heterocycles. The second-order valence-electron chi connectivity index (χ2n) is 6.41. The molecular weight excluding hydrogens is 417 g/mol. The highest BCUT2D eigenvalue weighted by molar-refractivity contribution is 6.33. The molecule has 30 heavy (non-hydrogen) atoms. The van der Waals surface area contributed by atoms with Crippen molar-refractivity contribution in [2.24, 2.45) is 0 Å². The summed E-state index contributed by atoms with van der Waals surface area (Å²) in [6, 6.07) is 13.5. The number of nitrogens with zero attached hydrogens (tertiary/aromatic N) is 2. The van der Waals surface area contributed by atoms with Crippen LogP contribution in [0.4, 0.5) is 36.3 Å². The lowest BCUT2D eigenvalue weighted by atomic mass is 10.2. The molecule has 3 aromatic rings. The normalized spacial score (nSPS) is 11.2. The summed E-state index contributed by atoms with van der Waals surface area (Å²) in [5.41, 5.74) is -0.0724. The van der Waals surface area contributed by atoms with Crippen molar-refractivity contribution in [3.63, 3.8) is 0 Å². The molecule has 0 spiro atoms. The summed E-state index contributed by atoms with van der Waals surface area (Å²) in [6.07, 6.45) is -1.90. The number of unbranched alkanes of at least 4 members (excludes halogenated alkanes) is 1. The molecular formula is C21H20ClF3N4O. The molecule has 1 heterocycles. The maximum atomic E-state index is 13.4. The maximum Gasteiger partial charge on any atom is 0.421 e. The number of nitrogens with one attached hydrogen (secondary N) is 2. The second kappa shape index (κ2) is 9.67. The Balaban J connectivity index is 1.81. The molecule has 1 aromatic heterocycles. The Morgan fingerprint density at radius 2 is 1.77 bits per heavy atom. The highest BCUT2D eigenvalue weighted by Crippen LogP contribution is 2.36. The first-order chi connectivity index (χ1) is 14.4. The van der Waals surface area contributed by atoms with Crippen LogP contribution in [0.1, 0.15) is 25.3 Å². The van der Waals surface area contributed by atoms with E-state index in [1.54, 1.807) is 48.5 Å². The van der Waals surface area contributed by atoms with Gasteiger partial charge in [-0.3, -0.25) is 0 Å². The molecule has 0 aliphatic heterocycles. The minimum atomic E-state index is -4.63. The minimum Gasteiger partial charge on any atom is -0.494 e. The second-order valence-corrected chi connectivity index (χ2v) is 6.82. The first-order valence-electron chi connectivity index (χ1n) is 9.32. The van der Waals surface area contributed by atoms with E-state index in [-0.39, 0.29) is 11.0 Å². The van der Waals surface area contributed by atoms with Crippen LogP contribution in [0.3, 0.4) is 0 Å². The summed E-state index contributed by atoms with van der Waals surface area (Å²) in [5.74, 6) is 0.327. The van der Waals surface area contributed by atoms with Crippen molar-refractivity contribution < 1.29 is 17.9 Å². The molecule has 0 aliphatic carbocycles. The number of aromatic nitrogens is 2. The van der Waals surface area contributed by atoms with Crippen LogP contribution in [-0.2, 0) is 6.18 Å². The number of ether oxygens (including phenoxy) is 1. The van der Waals surface area contributed by atoms with E-state index in [4.69, 9.17) is 16.3 Å². The molecule has 0 unspecified atom stereocenters. The Kier molecular flexibility index (Phi) is 6.99. The Labute approximate surface area is 177 Å². The van der Waals surface area contributed by atoms with E-state index in [9.17, 15) is 13.2 Å². The third kappa shape index (κ3) is 5.76. The highest BCUT2D eigenvalue weighted by Gasteiger charge is 2.35. The van der Waals surface area contributed by atoms with Gasteiger partial charge in [-0.25, -0.2) is 4.98 Å². The number of para-hydroxylation sites is 1. The van der Waals surface area contributed by atoms with E-state index in [0.29, 0.717) is 23.7 Å². The lowest BCUT2D eigenvalue weighted by Crippen LogP contribution is -2.12. The first-order valence-corrected chi connectivity index (χ1v) is 9.70. The standard InChI is InChI=1S/C21H20ClF3N4O/c1-2-3-12-30-15-10-8-14(9-11-15)27-20-26-13-16(21(23,24)25)19(29-20)28-18-7-5-4-6-17(18)22/h4-11,13H,2-3,12H2,1H3,(H2,26,27,28,29). The van der Waals surface area contributed by atoms with Gasteiger partial charge >= 0.3 is 6.18 Å². The van der Waals surface area contributed by atoms with E-state index >= 15 is 0 Å². The summed E-state index contributed by atoms with van der Waals surface area (Å²) in [5, 5.41) is 5.82. The zero-order valence-electron chi connectivity index (χ0n) is 16.1. The molecule has 3 rings (SSSR count). The van der Waals surface area contributed by atoms with Gasteiger partial charge in [0.25, 0.3) is 0 Å². The van der Waals surface area contributed by atoms with Gasteiger partial charge in [0.2, 0.25) is 5.95 Å². The van der Waals surface area contributed by atoms with Crippen LogP contribution in [0.2, 0.25) is 5.02 Å². The van der Waals surface area contributed by atoms with E-state index in [1.165, 1.54) is 0 Å². The summed E-state index contributed by atoms with van der Waals surface area (Å²) >= 11 is 6.06. The Morgan fingerprint density at radius 3 is 2.43 bits per heavy atom. The van der Waals surface area contributed by atoms with Crippen LogP contribution in [0, 0.1) is 0 Å². The Morgan fingerprint density at radius 1 is 1.03 bits per heavy atom. The fraction of sp³-hybridized carbons (Fsp3) is 0.238. The fourth-order valence-corrected chi connectivity index (χ4v) is 2.72. The predicted molar refractivity (Wildman–Crippen MR) is 112 cm³/mol. The molecule has 0 aliphatic rings. The SMILES string of the molecule is CCCCOc1ccc(Nc2ncc(C(F)(F)F)c(Nc3ccccc3Cl)n2)cc1. The average Bonchev–Trinajstić information content (AvgIpc) is 2.70. The molecule has 5 nitrogen and oxygen atoms in total. The monoisotopic (exact) mass is 436 g/mol. The van der Waals surface area contributed by atoms with Crippen molar-refractivity contribution in [2.75, 3.05) is 17.2 Å². The lowest BCUT2D eigenvalue weighted by molar-refractivity contribution is -0.137. The number of benzene rings is 2. The number of anilines is 4. The molecule has 2 N–H and O–H groups in total. The minimum absolute atomic E-state index is 0.0113. The van der Waals surface area contributed by atoms with Gasteiger partial charge in [-0.05, 0) is 42.8 Å². The molecule has 158 valence electrons. The van der Waals surface area contributed by atoms with E-state index in [1.807, 2.05) is 0 Å². The van der Waals surface area contributed by atoms with Crippen molar-refractivity contribution >= 4 is 34.7 Å². The van der Waals surface area contributed by atoms with E-state index in [0.717, 1.165) is 19.0 Å². The van der Waals surface area contributed by atoms with Crippen LogP contribution in [0.5, 0.6) is 5.75 Å². The first kappa shape index (κ1) is 21.7. The zero-order chi connectivity index (χ0) is 21.6. The fourth-order valence-electron chi connectivity index (χ4n) is 2.53. The van der Waals surface area contributed by atoms with Crippen LogP contribution >= 0.6 is 11.6 Å². The van der Waals surface area contributed by atoms with Gasteiger partial charge in [0, 0.05) is 11.9 Å². The number of hydrogen-bond acceptors (Lipinski definition) is 5. The lowest BCUT2D eigenvalue weighted by Gasteiger charge is -2.15. The van der Waals surface area contributed by atoms with E-state index in [2.05, 4.69) is 27.5 Å². The van der Waals surface area contributed by atoms with Gasteiger partial charge in [0.15, 0.2) is 0 Å². The van der Waals surface area contributed by atoms with Crippen LogP contribution in [-0.4, -0.2) is 16.6 Å². The van der Waals surface area contributed by atoms with Crippen LogP contribution in [0.15, 0.2) is 54.7 Å². The Bertz CT molecular complexity index is 981. The van der Waals surface area contributed by atoms with Gasteiger partial charge in [-0.15, -0.1) is 0 Å². The maximum absolute atomic E-state index is 13.4. The van der Waals surface area contributed by atoms with Crippen molar-refractivity contribution in [1.82, 2.24) is 9.97 Å². The van der Waals surface area contributed by atoms with Crippen molar-refractivity contribution in [3.05, 3.63) is 65.3 Å². The summed E-state index contributed by atoms with van der Waals surface area (Å²) in [4.78, 5) is 7.81. The molecule has 2 aromatic carbocycles. The summed E-state index contributed by atoms with van der Waals surface area (Å²) < 4.78 is 45.8. The van der Waals surface area contributed by atoms with Crippen molar-refractivity contribution in [3.8, 4) is 5.75 Å². The number of alkyl halides is 3. The summed E-state index contributed by atoms with van der Waals surface area (Å²) in [6.45, 7) is 2.71. The average molecular weight is 437 g/mol. The topological polar surface area (TPSA) is 59.1 Å². The molecule has 0 saturated carbocycles. The largest absolute Gasteiger partial charge is 0.494 e. The molecule has 0 atom stereocenters. The van der Waals surface area contributed by atoms with Crippen LogP contribution < -0.4 is 15.4 Å². The van der Waals surface area contributed by atoms with Crippen LogP contribution in [0.25, 0.3) is 0 Å². The Hall–Kier alpha value is -3.00. The van der Waals surface area contributed by atoms with Gasteiger partial charge in [-0.1, -0.05) is 37.1 Å². The van der Waals surface area contributed by atoms with Crippen molar-refractivity contribution in [1.29, 1.82) is 0 Å².